The van der Waals surface area contributed by atoms with Crippen molar-refractivity contribution in [2.75, 3.05) is 6.79 Å². The third-order valence-electron chi connectivity index (χ3n) is 2.84. The number of ether oxygens (including phenoxy) is 2. The Morgan fingerprint density at radius 2 is 2.26 bits per heavy atom. The van der Waals surface area contributed by atoms with Gasteiger partial charge in [-0.25, -0.2) is 4.79 Å². The maximum absolute atomic E-state index is 11.0. The molecule has 1 aromatic carbocycles. The fourth-order valence-corrected chi connectivity index (χ4v) is 2.24. The van der Waals surface area contributed by atoms with Crippen molar-refractivity contribution < 1.29 is 19.4 Å². The van der Waals surface area contributed by atoms with Crippen molar-refractivity contribution >= 4 is 17.6 Å². The summed E-state index contributed by atoms with van der Waals surface area (Å²) in [7, 11) is 1.65. The van der Waals surface area contributed by atoms with E-state index in [1.54, 1.807) is 19.2 Å². The number of carbonyl (C=O) groups is 1. The highest BCUT2D eigenvalue weighted by Gasteiger charge is 2.24. The number of aromatic carboxylic acids is 1. The van der Waals surface area contributed by atoms with Gasteiger partial charge in [-0.05, 0) is 18.2 Å². The molecule has 0 spiro atoms. The van der Waals surface area contributed by atoms with Gasteiger partial charge < -0.3 is 14.6 Å². The second-order valence-corrected chi connectivity index (χ2v) is 4.41. The van der Waals surface area contributed by atoms with Crippen molar-refractivity contribution in [3.05, 3.63) is 28.9 Å². The SMILES string of the molecule is Cn1nc(C(=O)O)cc1-c1c(Cl)ccc2c1OCO2. The zero-order chi connectivity index (χ0) is 13.6. The lowest BCUT2D eigenvalue weighted by molar-refractivity contribution is 0.0689. The van der Waals surface area contributed by atoms with Gasteiger partial charge in [0.15, 0.2) is 17.2 Å². The number of nitrogens with zero attached hydrogens (tertiary/aromatic N) is 2. The normalized spacial score (nSPS) is 12.7. The molecule has 2 heterocycles. The average Bonchev–Trinajstić information content (AvgIpc) is 2.96. The standard InChI is InChI=1S/C12H9ClN2O4/c1-15-8(4-7(14-15)12(16)17)10-6(13)2-3-9-11(10)19-5-18-9/h2-4H,5H2,1H3,(H,16,17). The zero-order valence-electron chi connectivity index (χ0n) is 9.88. The van der Waals surface area contributed by atoms with Crippen LogP contribution in [0.3, 0.4) is 0 Å². The fourth-order valence-electron chi connectivity index (χ4n) is 1.99. The highest BCUT2D eigenvalue weighted by Crippen LogP contribution is 2.45. The molecule has 98 valence electrons. The predicted octanol–water partition coefficient (Wildman–Crippen LogP) is 2.17. The molecule has 0 unspecified atom stereocenters. The van der Waals surface area contributed by atoms with E-state index < -0.39 is 5.97 Å². The maximum atomic E-state index is 11.0. The van der Waals surface area contributed by atoms with Crippen LogP contribution in [0.5, 0.6) is 11.5 Å². The number of aryl methyl sites for hydroxylation is 1. The van der Waals surface area contributed by atoms with Crippen molar-refractivity contribution in [1.82, 2.24) is 9.78 Å². The summed E-state index contributed by atoms with van der Waals surface area (Å²) >= 11 is 6.18. The minimum Gasteiger partial charge on any atom is -0.476 e. The van der Waals surface area contributed by atoms with E-state index in [4.69, 9.17) is 26.2 Å². The Labute approximate surface area is 113 Å². The number of carboxylic acid groups (broad SMARTS) is 1. The van der Waals surface area contributed by atoms with Gasteiger partial charge in [-0.3, -0.25) is 4.68 Å². The van der Waals surface area contributed by atoms with Crippen molar-refractivity contribution in [3.8, 4) is 22.8 Å². The third-order valence-corrected chi connectivity index (χ3v) is 3.16. The van der Waals surface area contributed by atoms with E-state index >= 15 is 0 Å². The first kappa shape index (κ1) is 11.9. The Kier molecular flexibility index (Phi) is 2.60. The molecule has 0 bridgehead atoms. The molecule has 19 heavy (non-hydrogen) atoms. The van der Waals surface area contributed by atoms with E-state index in [1.165, 1.54) is 10.7 Å². The number of rotatable bonds is 2. The Hall–Kier alpha value is -2.21. The van der Waals surface area contributed by atoms with Gasteiger partial charge in [0.2, 0.25) is 6.79 Å². The minimum absolute atomic E-state index is 0.0508. The van der Waals surface area contributed by atoms with Crippen LogP contribution in [0, 0.1) is 0 Å². The summed E-state index contributed by atoms with van der Waals surface area (Å²) in [6, 6.07) is 4.84. The van der Waals surface area contributed by atoms with Crippen molar-refractivity contribution in [2.45, 2.75) is 0 Å². The number of hydrogen-bond donors (Lipinski definition) is 1. The lowest BCUT2D eigenvalue weighted by Crippen LogP contribution is -1.99. The second-order valence-electron chi connectivity index (χ2n) is 4.00. The first-order chi connectivity index (χ1) is 9.08. The molecule has 1 aliphatic rings. The van der Waals surface area contributed by atoms with Gasteiger partial charge in [0.1, 0.15) is 0 Å². The Morgan fingerprint density at radius 1 is 1.47 bits per heavy atom. The van der Waals surface area contributed by atoms with Crippen LogP contribution in [-0.2, 0) is 7.05 Å². The first-order valence-corrected chi connectivity index (χ1v) is 5.81. The van der Waals surface area contributed by atoms with Gasteiger partial charge in [-0.15, -0.1) is 0 Å². The average molecular weight is 281 g/mol. The quantitative estimate of drug-likeness (QED) is 0.912. The molecule has 6 nitrogen and oxygen atoms in total. The molecule has 0 fully saturated rings. The molecule has 0 radical (unpaired) electrons. The van der Waals surface area contributed by atoms with E-state index in [0.717, 1.165) is 0 Å². The molecule has 0 amide bonds. The van der Waals surface area contributed by atoms with Crippen LogP contribution < -0.4 is 9.47 Å². The number of hydrogen-bond acceptors (Lipinski definition) is 4. The van der Waals surface area contributed by atoms with E-state index in [1.807, 2.05) is 0 Å². The predicted molar refractivity (Wildman–Crippen MR) is 66.7 cm³/mol. The second kappa shape index (κ2) is 4.17. The Bertz CT molecular complexity index is 681. The largest absolute Gasteiger partial charge is 0.476 e. The van der Waals surface area contributed by atoms with E-state index in [9.17, 15) is 4.79 Å². The number of halogens is 1. The Morgan fingerprint density at radius 3 is 2.95 bits per heavy atom. The number of aromatic nitrogens is 2. The lowest BCUT2D eigenvalue weighted by atomic mass is 10.1. The monoisotopic (exact) mass is 280 g/mol. The first-order valence-electron chi connectivity index (χ1n) is 5.43. The molecule has 0 aliphatic carbocycles. The molecule has 2 aromatic rings. The van der Waals surface area contributed by atoms with Crippen LogP contribution in [0.15, 0.2) is 18.2 Å². The molecule has 0 atom stereocenters. The topological polar surface area (TPSA) is 73.6 Å². The summed E-state index contributed by atoms with van der Waals surface area (Å²) < 4.78 is 12.1. The summed E-state index contributed by atoms with van der Waals surface area (Å²) in [5, 5.41) is 13.3. The Balaban J connectivity index is 2.22. The minimum atomic E-state index is -1.09. The van der Waals surface area contributed by atoms with Crippen molar-refractivity contribution in [1.29, 1.82) is 0 Å². The molecular formula is C12H9ClN2O4. The van der Waals surface area contributed by atoms with Gasteiger partial charge in [-0.1, -0.05) is 11.6 Å². The molecule has 1 aromatic heterocycles. The summed E-state index contributed by atoms with van der Waals surface area (Å²) in [5.41, 5.74) is 1.09. The van der Waals surface area contributed by atoms with E-state index in [0.29, 0.717) is 27.8 Å². The van der Waals surface area contributed by atoms with Gasteiger partial charge >= 0.3 is 5.97 Å². The highest BCUT2D eigenvalue weighted by molar-refractivity contribution is 6.33. The van der Waals surface area contributed by atoms with Gasteiger partial charge in [0.05, 0.1) is 16.3 Å². The number of fused-ring (bicyclic) bond motifs is 1. The maximum Gasteiger partial charge on any atom is 0.356 e. The lowest BCUT2D eigenvalue weighted by Gasteiger charge is -2.08. The molecule has 0 saturated heterocycles. The summed E-state index contributed by atoms with van der Waals surface area (Å²) in [5.74, 6) is -0.00682. The van der Waals surface area contributed by atoms with Crippen LogP contribution in [0.2, 0.25) is 5.02 Å². The molecular weight excluding hydrogens is 272 g/mol. The number of benzene rings is 1. The van der Waals surface area contributed by atoms with Crippen LogP contribution in [-0.4, -0.2) is 27.6 Å². The van der Waals surface area contributed by atoms with Crippen LogP contribution in [0.1, 0.15) is 10.5 Å². The van der Waals surface area contributed by atoms with E-state index in [2.05, 4.69) is 5.10 Å². The van der Waals surface area contributed by atoms with Crippen LogP contribution >= 0.6 is 11.6 Å². The summed E-state index contributed by atoms with van der Waals surface area (Å²) in [6.45, 7) is 0.117. The van der Waals surface area contributed by atoms with E-state index in [-0.39, 0.29) is 12.5 Å². The molecule has 7 heteroatoms. The summed E-state index contributed by atoms with van der Waals surface area (Å²) in [6.07, 6.45) is 0. The number of carboxylic acids is 1. The van der Waals surface area contributed by atoms with Crippen molar-refractivity contribution in [2.24, 2.45) is 7.05 Å². The highest BCUT2D eigenvalue weighted by atomic mass is 35.5. The van der Waals surface area contributed by atoms with Gasteiger partial charge in [-0.2, -0.15) is 5.10 Å². The smallest absolute Gasteiger partial charge is 0.356 e. The fraction of sp³-hybridized carbons (Fsp3) is 0.167. The molecule has 1 N–H and O–H groups in total. The third kappa shape index (κ3) is 1.80. The van der Waals surface area contributed by atoms with Crippen molar-refractivity contribution in [3.63, 3.8) is 0 Å². The summed E-state index contributed by atoms with van der Waals surface area (Å²) in [4.78, 5) is 11.0. The van der Waals surface area contributed by atoms with Crippen LogP contribution in [0.4, 0.5) is 0 Å². The zero-order valence-corrected chi connectivity index (χ0v) is 10.6. The molecule has 3 rings (SSSR count). The van der Waals surface area contributed by atoms with Gasteiger partial charge in [0, 0.05) is 7.05 Å². The molecule has 1 aliphatic heterocycles. The van der Waals surface area contributed by atoms with Crippen LogP contribution in [0.25, 0.3) is 11.3 Å². The molecule has 0 saturated carbocycles. The van der Waals surface area contributed by atoms with Gasteiger partial charge in [0.25, 0.3) is 0 Å².